The number of carbonyl (C=O) groups excluding carboxylic acids is 3. The molecule has 0 aromatic carbocycles. The molecule has 2 fully saturated rings. The minimum atomic E-state index is -0.773. The van der Waals surface area contributed by atoms with Crippen LogP contribution in [-0.4, -0.2) is 60.1 Å². The first-order valence-electron chi connectivity index (χ1n) is 11.8. The molecule has 1 saturated heterocycles. The summed E-state index contributed by atoms with van der Waals surface area (Å²) in [6, 6.07) is -1.63. The normalized spacial score (nSPS) is 23.5. The second-order valence-electron chi connectivity index (χ2n) is 10.7. The molecule has 8 nitrogen and oxygen atoms in total. The molecule has 2 aliphatic rings. The first kappa shape index (κ1) is 25.4. The Bertz CT molecular complexity index is 626. The van der Waals surface area contributed by atoms with Crippen molar-refractivity contribution in [2.24, 2.45) is 17.1 Å². The number of hydrogen-bond acceptors (Lipinski definition) is 5. The lowest BCUT2D eigenvalue weighted by Crippen LogP contribution is -2.55. The Morgan fingerprint density at radius 1 is 1.13 bits per heavy atom. The fourth-order valence-electron chi connectivity index (χ4n) is 4.52. The molecular weight excluding hydrogens is 396 g/mol. The maximum atomic E-state index is 13.4. The smallest absolute Gasteiger partial charge is 0.408 e. The van der Waals surface area contributed by atoms with E-state index < -0.39 is 18.2 Å². The molecule has 0 unspecified atom stereocenters. The van der Waals surface area contributed by atoms with Gasteiger partial charge < -0.3 is 26.0 Å². The van der Waals surface area contributed by atoms with Gasteiger partial charge in [0.1, 0.15) is 12.1 Å². The topological polar surface area (TPSA) is 114 Å². The number of rotatable bonds is 7. The van der Waals surface area contributed by atoms with Crippen LogP contribution in [0.2, 0.25) is 0 Å². The number of hydrogen-bond donors (Lipinski definition) is 3. The van der Waals surface area contributed by atoms with Gasteiger partial charge in [-0.3, -0.25) is 9.59 Å². The van der Waals surface area contributed by atoms with E-state index >= 15 is 0 Å². The Balaban J connectivity index is 2.06. The van der Waals surface area contributed by atoms with Crippen molar-refractivity contribution < 1.29 is 19.1 Å². The zero-order valence-corrected chi connectivity index (χ0v) is 19.9. The average molecular weight is 439 g/mol. The summed E-state index contributed by atoms with van der Waals surface area (Å²) in [6.07, 6.45) is 5.93. The SMILES string of the molecule is CC(C)OC(=O)N[C@H](CC(C)(C)C)C(=O)N1C[C@H](N)C[C@H]1C(=O)NCC1CCCCC1. The predicted molar refractivity (Wildman–Crippen MR) is 120 cm³/mol. The molecule has 31 heavy (non-hydrogen) atoms. The van der Waals surface area contributed by atoms with Crippen molar-refractivity contribution in [3.8, 4) is 0 Å². The largest absolute Gasteiger partial charge is 0.447 e. The summed E-state index contributed by atoms with van der Waals surface area (Å²) >= 11 is 0. The minimum Gasteiger partial charge on any atom is -0.447 e. The number of likely N-dealkylation sites (tertiary alicyclic amines) is 1. The monoisotopic (exact) mass is 438 g/mol. The Labute approximate surface area is 187 Å². The van der Waals surface area contributed by atoms with Crippen LogP contribution in [0.1, 0.15) is 79.6 Å². The van der Waals surface area contributed by atoms with Crippen LogP contribution in [0.4, 0.5) is 4.79 Å². The zero-order valence-electron chi connectivity index (χ0n) is 19.9. The van der Waals surface area contributed by atoms with E-state index in [1.165, 1.54) is 19.3 Å². The van der Waals surface area contributed by atoms with Crippen molar-refractivity contribution >= 4 is 17.9 Å². The molecule has 1 saturated carbocycles. The van der Waals surface area contributed by atoms with E-state index in [4.69, 9.17) is 10.5 Å². The Morgan fingerprint density at radius 2 is 1.77 bits per heavy atom. The summed E-state index contributed by atoms with van der Waals surface area (Å²) in [6.45, 7) is 10.5. The molecule has 0 aromatic rings. The molecule has 1 heterocycles. The summed E-state index contributed by atoms with van der Waals surface area (Å²) < 4.78 is 5.18. The molecule has 3 amide bonds. The Morgan fingerprint density at radius 3 is 2.35 bits per heavy atom. The first-order valence-corrected chi connectivity index (χ1v) is 11.8. The molecule has 4 N–H and O–H groups in total. The summed E-state index contributed by atoms with van der Waals surface area (Å²) in [7, 11) is 0. The van der Waals surface area contributed by atoms with Gasteiger partial charge in [-0.25, -0.2) is 4.79 Å². The van der Waals surface area contributed by atoms with E-state index in [1.807, 2.05) is 20.8 Å². The van der Waals surface area contributed by atoms with Gasteiger partial charge in [-0.1, -0.05) is 40.0 Å². The van der Waals surface area contributed by atoms with Crippen LogP contribution in [-0.2, 0) is 14.3 Å². The van der Waals surface area contributed by atoms with Crippen molar-refractivity contribution in [2.45, 2.75) is 104 Å². The van der Waals surface area contributed by atoms with Crippen molar-refractivity contribution in [2.75, 3.05) is 13.1 Å². The molecule has 0 spiro atoms. The molecule has 1 aliphatic heterocycles. The second kappa shape index (κ2) is 11.2. The first-order chi connectivity index (χ1) is 14.5. The third-order valence-electron chi connectivity index (χ3n) is 5.96. The average Bonchev–Trinajstić information content (AvgIpc) is 3.06. The van der Waals surface area contributed by atoms with Crippen molar-refractivity contribution in [3.05, 3.63) is 0 Å². The molecule has 1 aliphatic carbocycles. The van der Waals surface area contributed by atoms with Crippen LogP contribution in [0.15, 0.2) is 0 Å². The molecule has 3 atom stereocenters. The number of nitrogens with two attached hydrogens (primary N) is 1. The van der Waals surface area contributed by atoms with E-state index in [1.54, 1.807) is 18.7 Å². The van der Waals surface area contributed by atoms with Crippen LogP contribution in [0, 0.1) is 11.3 Å². The number of carbonyl (C=O) groups is 3. The predicted octanol–water partition coefficient (Wildman–Crippen LogP) is 2.55. The highest BCUT2D eigenvalue weighted by molar-refractivity contribution is 5.92. The third kappa shape index (κ3) is 8.31. The van der Waals surface area contributed by atoms with Crippen molar-refractivity contribution in [1.29, 1.82) is 0 Å². The maximum absolute atomic E-state index is 13.4. The fraction of sp³-hybridized carbons (Fsp3) is 0.870. The molecule has 0 aromatic heterocycles. The van der Waals surface area contributed by atoms with Gasteiger partial charge in [0.05, 0.1) is 6.10 Å². The maximum Gasteiger partial charge on any atom is 0.408 e. The van der Waals surface area contributed by atoms with Gasteiger partial charge in [0.15, 0.2) is 0 Å². The van der Waals surface area contributed by atoms with E-state index in [2.05, 4.69) is 10.6 Å². The standard InChI is InChI=1S/C23H42N4O4/c1-15(2)31-22(30)26-18(12-23(3,4)5)21(29)27-14-17(24)11-19(27)20(28)25-13-16-9-7-6-8-10-16/h15-19H,6-14,24H2,1-5H3,(H,25,28)(H,26,30)/t17-,18-,19+/m1/s1. The summed E-state index contributed by atoms with van der Waals surface area (Å²) in [5.41, 5.74) is 5.94. The quantitative estimate of drug-likeness (QED) is 0.565. The van der Waals surface area contributed by atoms with E-state index in [0.29, 0.717) is 31.8 Å². The number of ether oxygens (including phenoxy) is 1. The number of alkyl carbamates (subject to hydrolysis) is 1. The lowest BCUT2D eigenvalue weighted by Gasteiger charge is -2.32. The summed E-state index contributed by atoms with van der Waals surface area (Å²) in [4.78, 5) is 40.1. The minimum absolute atomic E-state index is 0.147. The van der Waals surface area contributed by atoms with Gasteiger partial charge in [-0.05, 0) is 50.9 Å². The van der Waals surface area contributed by atoms with Gasteiger partial charge in [0.25, 0.3) is 0 Å². The second-order valence-corrected chi connectivity index (χ2v) is 10.7. The highest BCUT2D eigenvalue weighted by atomic mass is 16.6. The molecule has 0 radical (unpaired) electrons. The number of nitrogens with one attached hydrogen (secondary N) is 2. The summed E-state index contributed by atoms with van der Waals surface area (Å²) in [5.74, 6) is 0.0885. The van der Waals surface area contributed by atoms with Gasteiger partial charge in [0.2, 0.25) is 11.8 Å². The highest BCUT2D eigenvalue weighted by Crippen LogP contribution is 2.26. The van der Waals surface area contributed by atoms with Crippen LogP contribution >= 0.6 is 0 Å². The molecule has 0 bridgehead atoms. The van der Waals surface area contributed by atoms with Crippen molar-refractivity contribution in [1.82, 2.24) is 15.5 Å². The van der Waals surface area contributed by atoms with Crippen LogP contribution < -0.4 is 16.4 Å². The lowest BCUT2D eigenvalue weighted by atomic mass is 9.87. The summed E-state index contributed by atoms with van der Waals surface area (Å²) in [5, 5.41) is 5.77. The highest BCUT2D eigenvalue weighted by Gasteiger charge is 2.42. The molecule has 2 rings (SSSR count). The molecular formula is C23H42N4O4. The lowest BCUT2D eigenvalue weighted by molar-refractivity contribution is -0.140. The molecule has 178 valence electrons. The van der Waals surface area contributed by atoms with E-state index in [0.717, 1.165) is 12.8 Å². The molecule has 8 heteroatoms. The van der Waals surface area contributed by atoms with Gasteiger partial charge in [-0.2, -0.15) is 0 Å². The van der Waals surface area contributed by atoms with Crippen molar-refractivity contribution in [3.63, 3.8) is 0 Å². The van der Waals surface area contributed by atoms with Crippen LogP contribution in [0.3, 0.4) is 0 Å². The van der Waals surface area contributed by atoms with Crippen LogP contribution in [0.5, 0.6) is 0 Å². The van der Waals surface area contributed by atoms with Gasteiger partial charge in [-0.15, -0.1) is 0 Å². The Kier molecular flexibility index (Phi) is 9.15. The number of nitrogens with zero attached hydrogens (tertiary/aromatic N) is 1. The van der Waals surface area contributed by atoms with E-state index in [-0.39, 0.29) is 29.4 Å². The zero-order chi connectivity index (χ0) is 23.2. The van der Waals surface area contributed by atoms with Crippen LogP contribution in [0.25, 0.3) is 0 Å². The van der Waals surface area contributed by atoms with E-state index in [9.17, 15) is 14.4 Å². The van der Waals surface area contributed by atoms with Gasteiger partial charge in [0, 0.05) is 19.1 Å². The van der Waals surface area contributed by atoms with Gasteiger partial charge >= 0.3 is 6.09 Å². The number of amides is 3. The Hall–Kier alpha value is -1.83. The third-order valence-corrected chi connectivity index (χ3v) is 5.96. The fourth-order valence-corrected chi connectivity index (χ4v) is 4.52.